The van der Waals surface area contributed by atoms with Crippen molar-refractivity contribution in [3.8, 4) is 0 Å². The van der Waals surface area contributed by atoms with Crippen molar-refractivity contribution in [1.82, 2.24) is 4.98 Å². The molecule has 0 bridgehead atoms. The molecule has 1 aromatic heterocycles. The van der Waals surface area contributed by atoms with Gasteiger partial charge >= 0.3 is 89.8 Å². The Morgan fingerprint density at radius 2 is 2.20 bits per heavy atom. The summed E-state index contributed by atoms with van der Waals surface area (Å²) < 4.78 is 0. The second kappa shape index (κ2) is 4.19. The fourth-order valence-electron chi connectivity index (χ4n) is 0.560. The predicted octanol–water partition coefficient (Wildman–Crippen LogP) is 2.56. The van der Waals surface area contributed by atoms with Crippen LogP contribution in [0.3, 0.4) is 0 Å². The minimum atomic E-state index is 0.391. The van der Waals surface area contributed by atoms with Gasteiger partial charge in [0.1, 0.15) is 0 Å². The van der Waals surface area contributed by atoms with E-state index in [2.05, 4.69) is 4.98 Å². The summed E-state index contributed by atoms with van der Waals surface area (Å²) in [5, 5.41) is 0.965. The molecule has 10 heavy (non-hydrogen) atoms. The molecule has 5 heteroatoms. The summed E-state index contributed by atoms with van der Waals surface area (Å²) in [5.41, 5.74) is 0. The van der Waals surface area contributed by atoms with E-state index in [-0.39, 0.29) is 0 Å². The van der Waals surface area contributed by atoms with Gasteiger partial charge in [0, 0.05) is 0 Å². The number of halogens is 2. The molecule has 0 fully saturated rings. The van der Waals surface area contributed by atoms with E-state index >= 15 is 0 Å². The van der Waals surface area contributed by atoms with Crippen molar-refractivity contribution in [2.45, 2.75) is 4.90 Å². The molecule has 1 rings (SSSR count). The molecule has 0 aliphatic rings. The SMILES string of the molecule is [Na][S]c1ccnc(Cl)c1Cl. The Bertz CT molecular complexity index is 243. The third kappa shape index (κ3) is 2.03. The van der Waals surface area contributed by atoms with Crippen LogP contribution in [0.4, 0.5) is 0 Å². The molecule has 0 unspecified atom stereocenters. The molecule has 1 heterocycles. The predicted molar refractivity (Wildman–Crippen MR) is 45.9 cm³/mol. The summed E-state index contributed by atoms with van der Waals surface area (Å²) >= 11 is 12.5. The summed E-state index contributed by atoms with van der Waals surface area (Å²) in [6.45, 7) is 0. The Morgan fingerprint density at radius 3 is 2.70 bits per heavy atom. The van der Waals surface area contributed by atoms with E-state index in [4.69, 9.17) is 23.2 Å². The van der Waals surface area contributed by atoms with Gasteiger partial charge < -0.3 is 0 Å². The molecular weight excluding hydrogens is 200 g/mol. The molecule has 0 aliphatic heterocycles. The molecule has 1 nitrogen and oxygen atoms in total. The molecule has 0 atom stereocenters. The van der Waals surface area contributed by atoms with E-state index < -0.39 is 0 Å². The first-order chi connectivity index (χ1) is 4.75. The van der Waals surface area contributed by atoms with Gasteiger partial charge in [-0.25, -0.2) is 0 Å². The number of nitrogens with zero attached hydrogens (tertiary/aromatic N) is 1. The maximum atomic E-state index is 5.80. The van der Waals surface area contributed by atoms with Crippen LogP contribution in [0, 0.1) is 0 Å². The van der Waals surface area contributed by atoms with Gasteiger partial charge in [-0.05, 0) is 0 Å². The van der Waals surface area contributed by atoms with Crippen LogP contribution >= 0.6 is 31.1 Å². The standard InChI is InChI=1S/C5H3Cl2NS.Na/c6-4-3(9)1-2-8-5(4)7;/h1-2H,(H,8,9);/q;+1/p-1. The van der Waals surface area contributed by atoms with Crippen molar-refractivity contribution >= 4 is 57.4 Å². The molecule has 0 saturated heterocycles. The van der Waals surface area contributed by atoms with E-state index in [1.54, 1.807) is 14.1 Å². The summed E-state index contributed by atoms with van der Waals surface area (Å²) in [6.07, 6.45) is 1.66. The van der Waals surface area contributed by atoms with Crippen molar-refractivity contribution in [2.75, 3.05) is 0 Å². The van der Waals surface area contributed by atoms with Gasteiger partial charge in [0.2, 0.25) is 0 Å². The number of pyridine rings is 1. The number of hydrogen-bond acceptors (Lipinski definition) is 2. The Labute approximate surface area is 88.9 Å². The van der Waals surface area contributed by atoms with Crippen LogP contribution in [0.2, 0.25) is 10.2 Å². The first-order valence-corrected chi connectivity index (χ1v) is 7.02. The molecule has 1 aromatic rings. The van der Waals surface area contributed by atoms with Crippen LogP contribution < -0.4 is 0 Å². The fourth-order valence-corrected chi connectivity index (χ4v) is 3.00. The van der Waals surface area contributed by atoms with Crippen molar-refractivity contribution in [1.29, 1.82) is 0 Å². The zero-order chi connectivity index (χ0) is 7.56. The maximum absolute atomic E-state index is 5.80. The molecule has 48 valence electrons. The van der Waals surface area contributed by atoms with E-state index in [1.165, 1.54) is 0 Å². The van der Waals surface area contributed by atoms with Crippen molar-refractivity contribution < 1.29 is 0 Å². The van der Waals surface area contributed by atoms with Gasteiger partial charge in [0.15, 0.2) is 0 Å². The van der Waals surface area contributed by atoms with E-state index in [1.807, 2.05) is 6.07 Å². The second-order valence-electron chi connectivity index (χ2n) is 1.62. The first kappa shape index (κ1) is 9.17. The Hall–Kier alpha value is 1.08. The Kier molecular flexibility index (Phi) is 3.84. The molecule has 0 radical (unpaired) electrons. The van der Waals surface area contributed by atoms with Crippen LogP contribution in [0.15, 0.2) is 17.2 Å². The summed E-state index contributed by atoms with van der Waals surface area (Å²) in [4.78, 5) is 4.84. The van der Waals surface area contributed by atoms with Crippen LogP contribution in [0.5, 0.6) is 0 Å². The van der Waals surface area contributed by atoms with Crippen molar-refractivity contribution in [3.63, 3.8) is 0 Å². The Morgan fingerprint density at radius 1 is 1.50 bits per heavy atom. The van der Waals surface area contributed by atoms with Gasteiger partial charge in [-0.3, -0.25) is 0 Å². The fraction of sp³-hybridized carbons (Fsp3) is 0. The van der Waals surface area contributed by atoms with Gasteiger partial charge in [-0.15, -0.1) is 0 Å². The van der Waals surface area contributed by atoms with Crippen LogP contribution in [0.25, 0.3) is 0 Å². The summed E-state index contributed by atoms with van der Waals surface area (Å²) in [6, 6.07) is 1.87. The van der Waals surface area contributed by atoms with Gasteiger partial charge in [-0.1, -0.05) is 0 Å². The van der Waals surface area contributed by atoms with Gasteiger partial charge in [-0.2, -0.15) is 0 Å². The number of hydrogen-bond donors (Lipinski definition) is 0. The Balaban J connectivity index is 3.14. The normalized spacial score (nSPS) is 10.0. The topological polar surface area (TPSA) is 12.9 Å². The van der Waals surface area contributed by atoms with Crippen LogP contribution in [-0.2, 0) is 0 Å². The quantitative estimate of drug-likeness (QED) is 0.512. The van der Waals surface area contributed by atoms with E-state index in [9.17, 15) is 0 Å². The molecule has 0 N–H and O–H groups in total. The van der Waals surface area contributed by atoms with Crippen LogP contribution in [-0.4, -0.2) is 31.3 Å². The van der Waals surface area contributed by atoms with Crippen molar-refractivity contribution in [3.05, 3.63) is 22.4 Å². The van der Waals surface area contributed by atoms with Gasteiger partial charge in [0.25, 0.3) is 0 Å². The van der Waals surface area contributed by atoms with Crippen molar-refractivity contribution in [2.24, 2.45) is 0 Å². The molecule has 0 aliphatic carbocycles. The molecule has 0 spiro atoms. The molecule has 0 aromatic carbocycles. The minimum absolute atomic E-state index is 0.391. The third-order valence-corrected chi connectivity index (χ3v) is 4.01. The monoisotopic (exact) mass is 201 g/mol. The average molecular weight is 202 g/mol. The van der Waals surface area contributed by atoms with E-state index in [0.717, 1.165) is 31.2 Å². The summed E-state index contributed by atoms with van der Waals surface area (Å²) in [5.74, 6) is 0. The molecular formula is C5H2Cl2NNaS. The zero-order valence-electron chi connectivity index (χ0n) is 5.27. The number of aromatic nitrogens is 1. The van der Waals surface area contributed by atoms with E-state index in [0.29, 0.717) is 10.2 Å². The number of rotatable bonds is 1. The zero-order valence-corrected chi connectivity index (χ0v) is 9.59. The second-order valence-corrected chi connectivity index (χ2v) is 4.43. The van der Waals surface area contributed by atoms with Gasteiger partial charge in [0.05, 0.1) is 0 Å². The summed E-state index contributed by atoms with van der Waals surface area (Å²) in [7, 11) is 1.69. The molecule has 0 amide bonds. The average Bonchev–Trinajstić information content (AvgIpc) is 1.95. The molecule has 0 saturated carbocycles. The van der Waals surface area contributed by atoms with Crippen LogP contribution in [0.1, 0.15) is 0 Å². The third-order valence-electron chi connectivity index (χ3n) is 1.03. The first-order valence-electron chi connectivity index (χ1n) is 2.59.